The number of urea groups is 1. The third-order valence-corrected chi connectivity index (χ3v) is 8.38. The van der Waals surface area contributed by atoms with Gasteiger partial charge in [-0.25, -0.2) is 17.9 Å². The summed E-state index contributed by atoms with van der Waals surface area (Å²) in [6.45, 7) is 2.08. The fourth-order valence-corrected chi connectivity index (χ4v) is 6.25. The minimum Gasteiger partial charge on any atom is -0.324 e. The van der Waals surface area contributed by atoms with E-state index in [1.165, 1.54) is 4.90 Å². The first kappa shape index (κ1) is 19.3. The molecule has 1 N–H and O–H groups in total. The highest BCUT2D eigenvalue weighted by Gasteiger charge is 2.51. The number of hydrogen-bond donors (Lipinski definition) is 1. The van der Waals surface area contributed by atoms with Gasteiger partial charge in [0.2, 0.25) is 15.9 Å². The number of hydrogen-bond acceptors (Lipinski definition) is 5. The zero-order valence-corrected chi connectivity index (χ0v) is 17.0. The molecule has 3 fully saturated rings. The van der Waals surface area contributed by atoms with E-state index in [9.17, 15) is 18.0 Å². The van der Waals surface area contributed by atoms with Crippen LogP contribution in [0.2, 0.25) is 0 Å². The van der Waals surface area contributed by atoms with Crippen LogP contribution in [0.5, 0.6) is 0 Å². The summed E-state index contributed by atoms with van der Waals surface area (Å²) in [5, 5.41) is -0.598. The lowest BCUT2D eigenvalue weighted by molar-refractivity contribution is -0.140. The molecule has 0 spiro atoms. The van der Waals surface area contributed by atoms with Crippen molar-refractivity contribution in [1.29, 1.82) is 0 Å². The molecule has 0 aromatic carbocycles. The van der Waals surface area contributed by atoms with E-state index in [-0.39, 0.29) is 36.5 Å². The molecule has 2 saturated carbocycles. The van der Waals surface area contributed by atoms with Crippen molar-refractivity contribution >= 4 is 22.0 Å². The van der Waals surface area contributed by atoms with Crippen LogP contribution < -0.4 is 4.72 Å². The molecule has 4 rings (SSSR count). The predicted octanol–water partition coefficient (Wildman–Crippen LogP) is 1.48. The van der Waals surface area contributed by atoms with Crippen LogP contribution in [-0.4, -0.2) is 59.0 Å². The van der Waals surface area contributed by atoms with Crippen LogP contribution in [0.25, 0.3) is 0 Å². The molecule has 0 radical (unpaired) electrons. The minimum absolute atomic E-state index is 0.168. The topological polar surface area (TPSA) is 99.7 Å². The number of carbonyl (C=O) groups is 2. The molecule has 1 aromatic rings. The summed E-state index contributed by atoms with van der Waals surface area (Å²) < 4.78 is 28.5. The first-order valence-electron chi connectivity index (χ1n) is 9.70. The van der Waals surface area contributed by atoms with E-state index >= 15 is 0 Å². The van der Waals surface area contributed by atoms with Crippen molar-refractivity contribution in [1.82, 2.24) is 19.5 Å². The Morgan fingerprint density at radius 1 is 1.21 bits per heavy atom. The van der Waals surface area contributed by atoms with Gasteiger partial charge in [0.1, 0.15) is 0 Å². The van der Waals surface area contributed by atoms with Gasteiger partial charge in [-0.05, 0) is 56.7 Å². The van der Waals surface area contributed by atoms with E-state index in [2.05, 4.69) is 9.71 Å². The van der Waals surface area contributed by atoms with Gasteiger partial charge in [0.05, 0.1) is 17.7 Å². The maximum Gasteiger partial charge on any atom is 0.327 e. The normalized spacial score (nSPS) is 29.6. The lowest BCUT2D eigenvalue weighted by Crippen LogP contribution is -2.62. The molecule has 3 aliphatic rings. The number of rotatable bonds is 5. The number of amides is 3. The molecule has 9 heteroatoms. The molecule has 2 aliphatic carbocycles. The number of sulfonamides is 1. The van der Waals surface area contributed by atoms with Crippen molar-refractivity contribution in [2.24, 2.45) is 5.92 Å². The van der Waals surface area contributed by atoms with Gasteiger partial charge in [-0.1, -0.05) is 0 Å². The van der Waals surface area contributed by atoms with Gasteiger partial charge in [0.15, 0.2) is 0 Å². The molecule has 2 heterocycles. The molecule has 3 amide bonds. The Labute approximate surface area is 165 Å². The van der Waals surface area contributed by atoms with Crippen LogP contribution in [0.1, 0.15) is 44.6 Å². The van der Waals surface area contributed by atoms with Crippen LogP contribution in [0.3, 0.4) is 0 Å². The molecular weight excluding hydrogens is 380 g/mol. The molecule has 28 heavy (non-hydrogen) atoms. The van der Waals surface area contributed by atoms with Gasteiger partial charge in [-0.2, -0.15) is 0 Å². The summed E-state index contributed by atoms with van der Waals surface area (Å²) in [5.41, 5.74) is 0.485. The molecule has 1 saturated heterocycles. The van der Waals surface area contributed by atoms with Gasteiger partial charge in [0.25, 0.3) is 0 Å². The van der Waals surface area contributed by atoms with E-state index in [1.54, 1.807) is 36.5 Å². The second-order valence-corrected chi connectivity index (χ2v) is 10.5. The Balaban J connectivity index is 1.53. The molecule has 0 bridgehead atoms. The molecule has 1 aliphatic heterocycles. The Bertz CT molecular complexity index is 884. The maximum absolute atomic E-state index is 13.1. The monoisotopic (exact) mass is 406 g/mol. The molecule has 3 unspecified atom stereocenters. The standard InChI is InChI=1S/C19H26N4O4S/c1-19(7-8-19)21-28(26,27)14-3-4-16-15(11-14)17(24)23(18(25)22(16)2)12-13-5-9-20-10-6-13/h5-6,9-10,14-16,21H,3-4,7-8,11-12H2,1-2H3. The van der Waals surface area contributed by atoms with Gasteiger partial charge < -0.3 is 4.90 Å². The summed E-state index contributed by atoms with van der Waals surface area (Å²) in [6.07, 6.45) is 6.16. The Kier molecular flexibility index (Phi) is 4.70. The number of fused-ring (bicyclic) bond motifs is 1. The summed E-state index contributed by atoms with van der Waals surface area (Å²) in [4.78, 5) is 32.7. The minimum atomic E-state index is -3.49. The summed E-state index contributed by atoms with van der Waals surface area (Å²) in [5.74, 6) is -0.769. The Morgan fingerprint density at radius 2 is 1.89 bits per heavy atom. The SMILES string of the molecule is CN1C(=O)N(Cc2ccncc2)C(=O)C2CC(S(=O)(=O)NC3(C)CC3)CCC21. The second kappa shape index (κ2) is 6.81. The fraction of sp³-hybridized carbons (Fsp3) is 0.632. The smallest absolute Gasteiger partial charge is 0.324 e. The Morgan fingerprint density at radius 3 is 2.54 bits per heavy atom. The zero-order chi connectivity index (χ0) is 20.1. The Hall–Kier alpha value is -2.00. The second-order valence-electron chi connectivity index (χ2n) is 8.49. The average molecular weight is 407 g/mol. The van der Waals surface area contributed by atoms with Crippen LogP contribution in [-0.2, 0) is 21.4 Å². The largest absolute Gasteiger partial charge is 0.327 e. The highest BCUT2D eigenvalue weighted by atomic mass is 32.2. The fourth-order valence-electron chi connectivity index (χ4n) is 4.29. The molecule has 1 aromatic heterocycles. The number of imide groups is 1. The molecule has 152 valence electrons. The third kappa shape index (κ3) is 3.53. The number of nitrogens with one attached hydrogen (secondary N) is 1. The molecule has 3 atom stereocenters. The van der Waals surface area contributed by atoms with E-state index in [1.807, 2.05) is 6.92 Å². The third-order valence-electron chi connectivity index (χ3n) is 6.30. The molecule has 8 nitrogen and oxygen atoms in total. The number of carbonyl (C=O) groups excluding carboxylic acids is 2. The van der Waals surface area contributed by atoms with Crippen molar-refractivity contribution in [2.45, 2.75) is 62.4 Å². The quantitative estimate of drug-likeness (QED) is 0.799. The maximum atomic E-state index is 13.1. The van der Waals surface area contributed by atoms with E-state index in [4.69, 9.17) is 0 Å². The zero-order valence-electron chi connectivity index (χ0n) is 16.2. The lowest BCUT2D eigenvalue weighted by atomic mass is 9.81. The first-order chi connectivity index (χ1) is 13.2. The van der Waals surface area contributed by atoms with E-state index in [0.29, 0.717) is 12.8 Å². The van der Waals surface area contributed by atoms with Crippen molar-refractivity contribution in [3.8, 4) is 0 Å². The summed E-state index contributed by atoms with van der Waals surface area (Å²) in [6, 6.07) is 2.96. The summed E-state index contributed by atoms with van der Waals surface area (Å²) in [7, 11) is -1.79. The van der Waals surface area contributed by atoms with Crippen LogP contribution in [0.15, 0.2) is 24.5 Å². The van der Waals surface area contributed by atoms with Gasteiger partial charge in [-0.3, -0.25) is 14.7 Å². The van der Waals surface area contributed by atoms with Crippen LogP contribution in [0.4, 0.5) is 4.79 Å². The van der Waals surface area contributed by atoms with Crippen LogP contribution >= 0.6 is 0 Å². The lowest BCUT2D eigenvalue weighted by Gasteiger charge is -2.46. The van der Waals surface area contributed by atoms with E-state index in [0.717, 1.165) is 18.4 Å². The number of aromatic nitrogens is 1. The number of pyridine rings is 1. The predicted molar refractivity (Wildman–Crippen MR) is 103 cm³/mol. The molecular formula is C19H26N4O4S. The highest BCUT2D eigenvalue weighted by Crippen LogP contribution is 2.39. The van der Waals surface area contributed by atoms with E-state index < -0.39 is 21.2 Å². The van der Waals surface area contributed by atoms with Crippen molar-refractivity contribution in [2.75, 3.05) is 7.05 Å². The highest BCUT2D eigenvalue weighted by molar-refractivity contribution is 7.90. The van der Waals surface area contributed by atoms with Crippen LogP contribution in [0, 0.1) is 5.92 Å². The average Bonchev–Trinajstić information content (AvgIpc) is 3.39. The van der Waals surface area contributed by atoms with Crippen molar-refractivity contribution in [3.05, 3.63) is 30.1 Å². The van der Waals surface area contributed by atoms with Gasteiger partial charge in [0, 0.05) is 31.0 Å². The van der Waals surface area contributed by atoms with Crippen molar-refractivity contribution < 1.29 is 18.0 Å². The number of nitrogens with zero attached hydrogens (tertiary/aromatic N) is 3. The van der Waals surface area contributed by atoms with Crippen molar-refractivity contribution in [3.63, 3.8) is 0 Å². The summed E-state index contributed by atoms with van der Waals surface area (Å²) >= 11 is 0. The van der Waals surface area contributed by atoms with Gasteiger partial charge >= 0.3 is 6.03 Å². The first-order valence-corrected chi connectivity index (χ1v) is 11.2. The van der Waals surface area contributed by atoms with Gasteiger partial charge in [-0.15, -0.1) is 0 Å².